The maximum atomic E-state index is 10.4. The summed E-state index contributed by atoms with van der Waals surface area (Å²) in [5.41, 5.74) is 0. The summed E-state index contributed by atoms with van der Waals surface area (Å²) in [5.74, 6) is -0.599. The third-order valence-corrected chi connectivity index (χ3v) is 1.52. The van der Waals surface area contributed by atoms with Gasteiger partial charge in [-0.2, -0.15) is 0 Å². The van der Waals surface area contributed by atoms with Crippen LogP contribution in [-0.2, 0) is 18.1 Å². The zero-order chi connectivity index (χ0) is 11.6. The number of hydrogen-bond acceptors (Lipinski definition) is 4. The van der Waals surface area contributed by atoms with Crippen molar-refractivity contribution in [1.82, 2.24) is 0 Å². The summed E-state index contributed by atoms with van der Waals surface area (Å²) >= 11 is 2.19. The monoisotopic (exact) mass is 216 g/mol. The number of rotatable bonds is 4. The molecule has 4 nitrogen and oxygen atoms in total. The molecule has 0 aliphatic rings. The van der Waals surface area contributed by atoms with Gasteiger partial charge in [-0.05, 0) is 27.7 Å². The highest BCUT2D eigenvalue weighted by atomic mass is 27.1. The molecule has 0 atom stereocenters. The van der Waals surface area contributed by atoms with Gasteiger partial charge in [0, 0.05) is 6.10 Å². The summed E-state index contributed by atoms with van der Waals surface area (Å²) in [7, 11) is 0. The van der Waals surface area contributed by atoms with Crippen LogP contribution in [0.4, 0.5) is 0 Å². The molecule has 0 saturated carbocycles. The van der Waals surface area contributed by atoms with E-state index in [1.807, 2.05) is 13.8 Å². The molecule has 0 bridgehead atoms. The number of carbonyl (C=O) groups excluding carboxylic acids is 2. The largest absolute Gasteiger partial charge is 0.514 e. The van der Waals surface area contributed by atoms with Crippen molar-refractivity contribution in [3.8, 4) is 0 Å². The predicted octanol–water partition coefficient (Wildman–Crippen LogP) is 1.02. The van der Waals surface area contributed by atoms with Crippen molar-refractivity contribution < 1.29 is 18.1 Å². The summed E-state index contributed by atoms with van der Waals surface area (Å²) in [6, 6.07) is 0. The quantitative estimate of drug-likeness (QED) is 0.400. The van der Waals surface area contributed by atoms with Gasteiger partial charge >= 0.3 is 22.6 Å². The van der Waals surface area contributed by atoms with Crippen LogP contribution in [0.25, 0.3) is 0 Å². The predicted molar refractivity (Wildman–Crippen MR) is 53.9 cm³/mol. The van der Waals surface area contributed by atoms with E-state index in [0.717, 1.165) is 0 Å². The van der Waals surface area contributed by atoms with Crippen molar-refractivity contribution in [3.63, 3.8) is 0 Å². The molecule has 0 heterocycles. The van der Waals surface area contributed by atoms with Gasteiger partial charge in [0.15, 0.2) is 0 Å². The molecule has 0 fully saturated rings. The number of ketones is 1. The molecular weight excluding hydrogens is 199 g/mol. The number of Topliss-reactive ketones (excluding diaryl/α,β-unsaturated/α-hetero) is 1. The highest BCUT2D eigenvalue weighted by Gasteiger charge is 2.03. The van der Waals surface area contributed by atoms with Crippen LogP contribution in [0.1, 0.15) is 34.1 Å². The van der Waals surface area contributed by atoms with Crippen LogP contribution in [-0.4, -0.2) is 41.1 Å². The van der Waals surface area contributed by atoms with E-state index in [1.54, 1.807) is 6.92 Å². The number of carbonyl (C=O) groups is 2. The minimum atomic E-state index is -0.440. The van der Waals surface area contributed by atoms with E-state index in [0.29, 0.717) is 12.7 Å². The third-order valence-electron chi connectivity index (χ3n) is 0.971. The third kappa shape index (κ3) is 17.6. The van der Waals surface area contributed by atoms with Crippen LogP contribution in [0.3, 0.4) is 0 Å². The molecule has 0 aliphatic heterocycles. The first-order valence-electron chi connectivity index (χ1n) is 4.44. The number of ether oxygens (including phenoxy) is 1. The Bertz CT molecular complexity index is 168. The molecule has 0 saturated heterocycles. The molecule has 0 spiro atoms. The Kier molecular flexibility index (Phi) is 12.3. The molecule has 5 heteroatoms. The molecule has 0 unspecified atom stereocenters. The lowest BCUT2D eigenvalue weighted by Crippen LogP contribution is -2.07. The van der Waals surface area contributed by atoms with E-state index in [2.05, 4.69) is 25.1 Å². The molecular formula is C9H17AlO4. The van der Waals surface area contributed by atoms with Gasteiger partial charge in [0.05, 0.1) is 6.61 Å². The Morgan fingerprint density at radius 1 is 1.36 bits per heavy atom. The van der Waals surface area contributed by atoms with Crippen molar-refractivity contribution in [2.45, 2.75) is 40.2 Å². The minimum absolute atomic E-state index is 0.103. The van der Waals surface area contributed by atoms with E-state index >= 15 is 0 Å². The molecule has 0 aromatic rings. The van der Waals surface area contributed by atoms with E-state index in [1.165, 1.54) is 6.92 Å². The van der Waals surface area contributed by atoms with Gasteiger partial charge in [0.1, 0.15) is 12.2 Å². The molecule has 0 aromatic carbocycles. The first-order valence-corrected chi connectivity index (χ1v) is 4.91. The smallest absolute Gasteiger partial charge is 0.369 e. The fraction of sp³-hybridized carbons (Fsp3) is 0.778. The summed E-state index contributed by atoms with van der Waals surface area (Å²) in [6.45, 7) is 7.36. The van der Waals surface area contributed by atoms with Gasteiger partial charge in [-0.25, -0.2) is 0 Å². The highest BCUT2D eigenvalue weighted by Crippen LogP contribution is 1.86. The van der Waals surface area contributed by atoms with Gasteiger partial charge in [0.2, 0.25) is 0 Å². The molecule has 0 aliphatic carbocycles. The Morgan fingerprint density at radius 2 is 1.79 bits per heavy atom. The summed E-state index contributed by atoms with van der Waals surface area (Å²) in [4.78, 5) is 20.6. The zero-order valence-electron chi connectivity index (χ0n) is 9.20. The summed E-state index contributed by atoms with van der Waals surface area (Å²) in [6.07, 6.45) is 0.244. The first kappa shape index (κ1) is 16.1. The number of hydrogen-bond donors (Lipinski definition) is 0. The van der Waals surface area contributed by atoms with Crippen LogP contribution >= 0.6 is 0 Å². The molecule has 0 aromatic heterocycles. The second-order valence-electron chi connectivity index (χ2n) is 2.87. The summed E-state index contributed by atoms with van der Waals surface area (Å²) in [5, 5.41) is 0. The van der Waals surface area contributed by atoms with E-state index in [4.69, 9.17) is 0 Å². The van der Waals surface area contributed by atoms with E-state index in [-0.39, 0.29) is 12.2 Å². The lowest BCUT2D eigenvalue weighted by atomic mass is 10.3. The van der Waals surface area contributed by atoms with Gasteiger partial charge in [-0.3, -0.25) is 9.59 Å². The average molecular weight is 216 g/mol. The van der Waals surface area contributed by atoms with Gasteiger partial charge in [-0.1, -0.05) is 0 Å². The topological polar surface area (TPSA) is 52.6 Å². The lowest BCUT2D eigenvalue weighted by Gasteiger charge is -1.98. The zero-order valence-corrected chi connectivity index (χ0v) is 10.4. The second kappa shape index (κ2) is 10.7. The minimum Gasteiger partial charge on any atom is -0.514 e. The van der Waals surface area contributed by atoms with Gasteiger partial charge in [0.25, 0.3) is 0 Å². The van der Waals surface area contributed by atoms with Crippen molar-refractivity contribution in [2.75, 3.05) is 6.61 Å². The maximum absolute atomic E-state index is 10.4. The first-order chi connectivity index (χ1) is 6.43. The van der Waals surface area contributed by atoms with Gasteiger partial charge < -0.3 is 8.53 Å². The maximum Gasteiger partial charge on any atom is 0.369 e. The SMILES string of the molecule is CC(C)[O][Al].CCOC(=O)CC(C)=O. The Morgan fingerprint density at radius 3 is 2.00 bits per heavy atom. The summed E-state index contributed by atoms with van der Waals surface area (Å²) < 4.78 is 9.16. The molecule has 80 valence electrons. The van der Waals surface area contributed by atoms with Crippen molar-refractivity contribution in [2.24, 2.45) is 0 Å². The average Bonchev–Trinajstić information content (AvgIpc) is 2.04. The Balaban J connectivity index is 0. The van der Waals surface area contributed by atoms with Crippen molar-refractivity contribution in [1.29, 1.82) is 0 Å². The van der Waals surface area contributed by atoms with Crippen LogP contribution < -0.4 is 0 Å². The van der Waals surface area contributed by atoms with Crippen molar-refractivity contribution in [3.05, 3.63) is 0 Å². The highest BCUT2D eigenvalue weighted by molar-refractivity contribution is 5.98. The molecule has 0 N–H and O–H groups in total. The number of esters is 1. The standard InChI is InChI=1S/C6H10O3.C3H7O.Al/c1-3-9-6(8)4-5(2)7;1-3(2)4;/h3-4H2,1-2H3;3H,1-2H3;/q;-1;+1. The molecule has 14 heavy (non-hydrogen) atoms. The van der Waals surface area contributed by atoms with Crippen LogP contribution in [0.5, 0.6) is 0 Å². The normalized spacial score (nSPS) is 8.93. The second-order valence-corrected chi connectivity index (χ2v) is 3.14. The fourth-order valence-electron chi connectivity index (χ4n) is 0.415. The molecule has 0 amide bonds. The molecule has 0 rings (SSSR count). The lowest BCUT2D eigenvalue weighted by molar-refractivity contribution is -0.145. The Hall–Kier alpha value is -0.368. The van der Waals surface area contributed by atoms with Crippen molar-refractivity contribution >= 4 is 28.4 Å². The van der Waals surface area contributed by atoms with E-state index < -0.39 is 5.97 Å². The Labute approximate surface area is 93.7 Å². The molecule has 2 radical (unpaired) electrons. The van der Waals surface area contributed by atoms with E-state index in [9.17, 15) is 9.59 Å². The van der Waals surface area contributed by atoms with Crippen LogP contribution in [0.2, 0.25) is 0 Å². The van der Waals surface area contributed by atoms with Crippen LogP contribution in [0, 0.1) is 0 Å². The fourth-order valence-corrected chi connectivity index (χ4v) is 0.415. The van der Waals surface area contributed by atoms with Gasteiger partial charge in [-0.15, -0.1) is 0 Å². The van der Waals surface area contributed by atoms with Crippen LogP contribution in [0.15, 0.2) is 0 Å².